The van der Waals surface area contributed by atoms with Gasteiger partial charge >= 0.3 is 0 Å². The lowest BCUT2D eigenvalue weighted by atomic mass is 10.0. The Morgan fingerprint density at radius 3 is 3.00 bits per heavy atom. The van der Waals surface area contributed by atoms with Crippen LogP contribution < -0.4 is 10.1 Å². The zero-order chi connectivity index (χ0) is 9.47. The molecule has 0 atom stereocenters. The monoisotopic (exact) mass is 241 g/mol. The van der Waals surface area contributed by atoms with Crippen molar-refractivity contribution in [3.05, 3.63) is 22.7 Å². The Kier molecular flexibility index (Phi) is 1.99. The summed E-state index contributed by atoms with van der Waals surface area (Å²) in [5, 5.41) is 3.42. The van der Waals surface area contributed by atoms with Crippen LogP contribution in [0.15, 0.2) is 22.7 Å². The van der Waals surface area contributed by atoms with Gasteiger partial charge in [0.05, 0.1) is 15.7 Å². The van der Waals surface area contributed by atoms with Gasteiger partial charge in [-0.1, -0.05) is 6.07 Å². The first-order valence-corrected chi connectivity index (χ1v) is 5.07. The van der Waals surface area contributed by atoms with Crippen molar-refractivity contribution in [2.24, 2.45) is 0 Å². The molecule has 0 aromatic heterocycles. The van der Waals surface area contributed by atoms with Crippen molar-refractivity contribution in [2.75, 3.05) is 11.9 Å². The molecule has 0 amide bonds. The first kappa shape index (κ1) is 8.88. The Morgan fingerprint density at radius 2 is 2.23 bits per heavy atom. The number of benzene rings is 1. The molecular formula is C10H12BrNO. The summed E-state index contributed by atoms with van der Waals surface area (Å²) in [5.74, 6) is 0.918. The molecule has 2 nitrogen and oxygen atoms in total. The van der Waals surface area contributed by atoms with Crippen molar-refractivity contribution in [3.63, 3.8) is 0 Å². The fourth-order valence-corrected chi connectivity index (χ4v) is 1.89. The van der Waals surface area contributed by atoms with Crippen molar-refractivity contribution in [2.45, 2.75) is 19.4 Å². The number of rotatable bonds is 0. The zero-order valence-electron chi connectivity index (χ0n) is 7.73. The highest BCUT2D eigenvalue weighted by molar-refractivity contribution is 9.10. The summed E-state index contributed by atoms with van der Waals surface area (Å²) in [6.45, 7) is 4.94. The minimum atomic E-state index is 0.0216. The van der Waals surface area contributed by atoms with Crippen molar-refractivity contribution in [3.8, 4) is 5.75 Å². The molecule has 1 aliphatic rings. The van der Waals surface area contributed by atoms with E-state index in [0.29, 0.717) is 6.61 Å². The lowest BCUT2D eigenvalue weighted by molar-refractivity contribution is 0.240. The number of ether oxygens (including phenoxy) is 1. The van der Waals surface area contributed by atoms with E-state index in [1.807, 2.05) is 18.2 Å². The third-order valence-electron chi connectivity index (χ3n) is 2.02. The fourth-order valence-electron chi connectivity index (χ4n) is 1.41. The SMILES string of the molecule is CC1(C)COc2c(Br)cccc2N1. The van der Waals surface area contributed by atoms with Crippen LogP contribution in [0.2, 0.25) is 0 Å². The average molecular weight is 242 g/mol. The predicted molar refractivity (Wildman–Crippen MR) is 57.3 cm³/mol. The Labute approximate surface area is 86.4 Å². The molecule has 2 rings (SSSR count). The van der Waals surface area contributed by atoms with E-state index in [-0.39, 0.29) is 5.54 Å². The second-order valence-electron chi connectivity index (χ2n) is 3.91. The lowest BCUT2D eigenvalue weighted by Crippen LogP contribution is -2.40. The van der Waals surface area contributed by atoms with Gasteiger partial charge < -0.3 is 10.1 Å². The third kappa shape index (κ3) is 1.66. The quantitative estimate of drug-likeness (QED) is 0.754. The van der Waals surface area contributed by atoms with E-state index in [2.05, 4.69) is 35.1 Å². The molecule has 0 unspecified atom stereocenters. The largest absolute Gasteiger partial charge is 0.488 e. The summed E-state index contributed by atoms with van der Waals surface area (Å²) in [6, 6.07) is 6.01. The van der Waals surface area contributed by atoms with Crippen LogP contribution in [0.1, 0.15) is 13.8 Å². The molecule has 0 saturated heterocycles. The van der Waals surface area contributed by atoms with Crippen LogP contribution in [-0.2, 0) is 0 Å². The van der Waals surface area contributed by atoms with E-state index in [1.54, 1.807) is 0 Å². The number of hydrogen-bond acceptors (Lipinski definition) is 2. The van der Waals surface area contributed by atoms with Gasteiger partial charge in [-0.3, -0.25) is 0 Å². The molecule has 0 spiro atoms. The minimum Gasteiger partial charge on any atom is -0.488 e. The number of para-hydroxylation sites is 1. The molecule has 1 aliphatic heterocycles. The Balaban J connectivity index is 2.42. The zero-order valence-corrected chi connectivity index (χ0v) is 9.31. The van der Waals surface area contributed by atoms with Gasteiger partial charge in [0.2, 0.25) is 0 Å². The maximum atomic E-state index is 5.66. The lowest BCUT2D eigenvalue weighted by Gasteiger charge is -2.34. The molecule has 1 aromatic rings. The Hall–Kier alpha value is -0.700. The summed E-state index contributed by atoms with van der Waals surface area (Å²) in [4.78, 5) is 0. The van der Waals surface area contributed by atoms with Crippen molar-refractivity contribution in [1.29, 1.82) is 0 Å². The number of nitrogens with one attached hydrogen (secondary N) is 1. The normalized spacial score (nSPS) is 18.4. The van der Waals surface area contributed by atoms with Gasteiger partial charge in [0, 0.05) is 0 Å². The molecule has 3 heteroatoms. The predicted octanol–water partition coefficient (Wildman–Crippen LogP) is 3.03. The summed E-state index contributed by atoms with van der Waals surface area (Å²) in [5.41, 5.74) is 1.08. The van der Waals surface area contributed by atoms with E-state index in [9.17, 15) is 0 Å². The molecule has 0 bridgehead atoms. The second-order valence-corrected chi connectivity index (χ2v) is 4.77. The van der Waals surface area contributed by atoms with Gasteiger partial charge in [-0.25, -0.2) is 0 Å². The number of hydrogen-bond donors (Lipinski definition) is 1. The molecule has 70 valence electrons. The van der Waals surface area contributed by atoms with E-state index in [0.717, 1.165) is 15.9 Å². The average Bonchev–Trinajstić information content (AvgIpc) is 2.02. The third-order valence-corrected chi connectivity index (χ3v) is 2.64. The van der Waals surface area contributed by atoms with E-state index in [1.165, 1.54) is 0 Å². The standard InChI is InChI=1S/C10H12BrNO/c1-10(2)6-13-9-7(11)4-3-5-8(9)12-10/h3-5,12H,6H2,1-2H3. The van der Waals surface area contributed by atoms with Gasteiger partial charge in [-0.05, 0) is 41.9 Å². The van der Waals surface area contributed by atoms with Crippen LogP contribution in [0, 0.1) is 0 Å². The van der Waals surface area contributed by atoms with E-state index >= 15 is 0 Å². The number of fused-ring (bicyclic) bond motifs is 1. The van der Waals surface area contributed by atoms with Crippen LogP contribution >= 0.6 is 15.9 Å². The highest BCUT2D eigenvalue weighted by Gasteiger charge is 2.26. The highest BCUT2D eigenvalue weighted by atomic mass is 79.9. The van der Waals surface area contributed by atoms with Gasteiger partial charge in [-0.2, -0.15) is 0 Å². The maximum Gasteiger partial charge on any atom is 0.156 e. The van der Waals surface area contributed by atoms with Crippen LogP contribution in [0.3, 0.4) is 0 Å². The van der Waals surface area contributed by atoms with Crippen LogP contribution in [0.4, 0.5) is 5.69 Å². The van der Waals surface area contributed by atoms with Gasteiger partial charge in [-0.15, -0.1) is 0 Å². The fraction of sp³-hybridized carbons (Fsp3) is 0.400. The van der Waals surface area contributed by atoms with Crippen molar-refractivity contribution in [1.82, 2.24) is 0 Å². The Morgan fingerprint density at radius 1 is 1.46 bits per heavy atom. The summed E-state index contributed by atoms with van der Waals surface area (Å²) < 4.78 is 6.67. The molecular weight excluding hydrogens is 230 g/mol. The topological polar surface area (TPSA) is 21.3 Å². The molecule has 0 aliphatic carbocycles. The molecule has 1 aromatic carbocycles. The molecule has 0 fully saturated rings. The summed E-state index contributed by atoms with van der Waals surface area (Å²) in [7, 11) is 0. The van der Waals surface area contributed by atoms with E-state index < -0.39 is 0 Å². The number of anilines is 1. The van der Waals surface area contributed by atoms with Crippen molar-refractivity contribution < 1.29 is 4.74 Å². The number of halogens is 1. The molecule has 0 saturated carbocycles. The maximum absolute atomic E-state index is 5.66. The second kappa shape index (κ2) is 2.91. The summed E-state index contributed by atoms with van der Waals surface area (Å²) in [6.07, 6.45) is 0. The molecule has 13 heavy (non-hydrogen) atoms. The summed E-state index contributed by atoms with van der Waals surface area (Å²) >= 11 is 3.45. The highest BCUT2D eigenvalue weighted by Crippen LogP contribution is 2.38. The van der Waals surface area contributed by atoms with Gasteiger partial charge in [0.25, 0.3) is 0 Å². The van der Waals surface area contributed by atoms with E-state index in [4.69, 9.17) is 4.74 Å². The Bertz CT molecular complexity index is 336. The first-order valence-electron chi connectivity index (χ1n) is 4.28. The van der Waals surface area contributed by atoms with Crippen molar-refractivity contribution >= 4 is 21.6 Å². The van der Waals surface area contributed by atoms with Crippen LogP contribution in [0.25, 0.3) is 0 Å². The molecule has 1 heterocycles. The van der Waals surface area contributed by atoms with Crippen LogP contribution in [-0.4, -0.2) is 12.1 Å². The minimum absolute atomic E-state index is 0.0216. The van der Waals surface area contributed by atoms with Crippen LogP contribution in [0.5, 0.6) is 5.75 Å². The first-order chi connectivity index (χ1) is 6.08. The van der Waals surface area contributed by atoms with Gasteiger partial charge in [0.1, 0.15) is 6.61 Å². The smallest absolute Gasteiger partial charge is 0.156 e. The molecule has 1 N–H and O–H groups in total. The molecule has 0 radical (unpaired) electrons. The van der Waals surface area contributed by atoms with Gasteiger partial charge in [0.15, 0.2) is 5.75 Å².